The Morgan fingerprint density at radius 1 is 1.18 bits per heavy atom. The minimum atomic E-state index is 0.0994. The van der Waals surface area contributed by atoms with Crippen molar-refractivity contribution in [1.29, 1.82) is 0 Å². The molecule has 0 saturated heterocycles. The van der Waals surface area contributed by atoms with Gasteiger partial charge in [0, 0.05) is 18.1 Å². The van der Waals surface area contributed by atoms with Crippen LogP contribution in [0.3, 0.4) is 0 Å². The second-order valence-electron chi connectivity index (χ2n) is 5.42. The minimum absolute atomic E-state index is 0.0994. The third kappa shape index (κ3) is 2.88. The van der Waals surface area contributed by atoms with Gasteiger partial charge in [-0.05, 0) is 45.2 Å². The van der Waals surface area contributed by atoms with E-state index in [1.165, 1.54) is 18.4 Å². The van der Waals surface area contributed by atoms with Crippen LogP contribution in [0.2, 0.25) is 0 Å². The SMILES string of the molecule is CC(C1CC1)N(C)C(C)C(N)c1ccccc1. The largest absolute Gasteiger partial charge is 0.323 e. The lowest BCUT2D eigenvalue weighted by Gasteiger charge is -2.34. The molecule has 0 heterocycles. The smallest absolute Gasteiger partial charge is 0.0450 e. The first-order valence-corrected chi connectivity index (χ1v) is 6.63. The van der Waals surface area contributed by atoms with E-state index in [0.717, 1.165) is 5.92 Å². The quantitative estimate of drug-likeness (QED) is 0.846. The third-order valence-electron chi connectivity index (χ3n) is 4.29. The Balaban J connectivity index is 2.01. The van der Waals surface area contributed by atoms with Gasteiger partial charge in [0.25, 0.3) is 0 Å². The molecule has 0 amide bonds. The van der Waals surface area contributed by atoms with E-state index in [1.807, 2.05) is 6.07 Å². The standard InChI is InChI=1S/C15H24N2/c1-11(13-9-10-13)17(3)12(2)15(16)14-7-5-4-6-8-14/h4-8,11-13,15H,9-10,16H2,1-3H3. The van der Waals surface area contributed by atoms with Gasteiger partial charge < -0.3 is 5.73 Å². The first kappa shape index (κ1) is 12.6. The first-order chi connectivity index (χ1) is 8.11. The Kier molecular flexibility index (Phi) is 3.85. The molecular weight excluding hydrogens is 208 g/mol. The van der Waals surface area contributed by atoms with Crippen molar-refractivity contribution in [3.8, 4) is 0 Å². The van der Waals surface area contributed by atoms with Crippen LogP contribution in [0.15, 0.2) is 30.3 Å². The van der Waals surface area contributed by atoms with Crippen LogP contribution < -0.4 is 5.73 Å². The number of benzene rings is 1. The molecule has 3 unspecified atom stereocenters. The van der Waals surface area contributed by atoms with E-state index in [-0.39, 0.29) is 6.04 Å². The molecule has 2 rings (SSSR count). The van der Waals surface area contributed by atoms with Crippen LogP contribution in [0, 0.1) is 5.92 Å². The molecule has 0 bridgehead atoms. The van der Waals surface area contributed by atoms with Gasteiger partial charge in [-0.25, -0.2) is 0 Å². The predicted molar refractivity (Wildman–Crippen MR) is 72.8 cm³/mol. The molecule has 1 saturated carbocycles. The van der Waals surface area contributed by atoms with Crippen molar-refractivity contribution in [2.24, 2.45) is 11.7 Å². The van der Waals surface area contributed by atoms with E-state index in [1.54, 1.807) is 0 Å². The number of nitrogens with two attached hydrogens (primary N) is 1. The molecule has 0 aromatic heterocycles. The first-order valence-electron chi connectivity index (χ1n) is 6.63. The van der Waals surface area contributed by atoms with Crippen LogP contribution in [0.4, 0.5) is 0 Å². The van der Waals surface area contributed by atoms with E-state index >= 15 is 0 Å². The van der Waals surface area contributed by atoms with Gasteiger partial charge in [0.15, 0.2) is 0 Å². The van der Waals surface area contributed by atoms with Crippen molar-refractivity contribution in [3.05, 3.63) is 35.9 Å². The maximum Gasteiger partial charge on any atom is 0.0450 e. The Morgan fingerprint density at radius 2 is 1.76 bits per heavy atom. The van der Waals surface area contributed by atoms with Crippen molar-refractivity contribution >= 4 is 0 Å². The Morgan fingerprint density at radius 3 is 2.29 bits per heavy atom. The highest BCUT2D eigenvalue weighted by molar-refractivity contribution is 5.20. The number of nitrogens with zero attached hydrogens (tertiary/aromatic N) is 1. The minimum Gasteiger partial charge on any atom is -0.323 e. The van der Waals surface area contributed by atoms with Gasteiger partial charge in [-0.3, -0.25) is 4.90 Å². The molecule has 3 atom stereocenters. The Labute approximate surface area is 105 Å². The summed E-state index contributed by atoms with van der Waals surface area (Å²) in [6, 6.07) is 11.5. The second kappa shape index (κ2) is 5.19. The summed E-state index contributed by atoms with van der Waals surface area (Å²) in [5.74, 6) is 0.894. The monoisotopic (exact) mass is 232 g/mol. The van der Waals surface area contributed by atoms with Gasteiger partial charge in [0.05, 0.1) is 0 Å². The van der Waals surface area contributed by atoms with Crippen LogP contribution in [0.5, 0.6) is 0 Å². The van der Waals surface area contributed by atoms with E-state index in [0.29, 0.717) is 12.1 Å². The fourth-order valence-electron chi connectivity index (χ4n) is 2.49. The second-order valence-corrected chi connectivity index (χ2v) is 5.42. The molecule has 2 N–H and O–H groups in total. The summed E-state index contributed by atoms with van der Waals surface area (Å²) in [6.07, 6.45) is 2.78. The number of likely N-dealkylation sites (N-methyl/N-ethyl adjacent to an activating group) is 1. The Hall–Kier alpha value is -0.860. The summed E-state index contributed by atoms with van der Waals surface area (Å²) in [5, 5.41) is 0. The van der Waals surface area contributed by atoms with Gasteiger partial charge in [0.1, 0.15) is 0 Å². The van der Waals surface area contributed by atoms with Crippen molar-refractivity contribution in [2.75, 3.05) is 7.05 Å². The van der Waals surface area contributed by atoms with Gasteiger partial charge in [-0.15, -0.1) is 0 Å². The summed E-state index contributed by atoms with van der Waals surface area (Å²) in [6.45, 7) is 4.56. The van der Waals surface area contributed by atoms with Gasteiger partial charge >= 0.3 is 0 Å². The molecule has 1 fully saturated rings. The lowest BCUT2D eigenvalue weighted by atomic mass is 9.99. The molecule has 1 aromatic carbocycles. The molecular formula is C15H24N2. The topological polar surface area (TPSA) is 29.3 Å². The maximum absolute atomic E-state index is 6.36. The van der Waals surface area contributed by atoms with Gasteiger partial charge in [-0.2, -0.15) is 0 Å². The average Bonchev–Trinajstić information content (AvgIpc) is 3.20. The highest BCUT2D eigenvalue weighted by atomic mass is 15.2. The predicted octanol–water partition coefficient (Wildman–Crippen LogP) is 2.81. The Bertz CT molecular complexity index is 345. The van der Waals surface area contributed by atoms with E-state index in [4.69, 9.17) is 5.73 Å². The fraction of sp³-hybridized carbons (Fsp3) is 0.600. The maximum atomic E-state index is 6.36. The van der Waals surface area contributed by atoms with Crippen molar-refractivity contribution in [2.45, 2.75) is 44.8 Å². The molecule has 17 heavy (non-hydrogen) atoms. The van der Waals surface area contributed by atoms with Crippen molar-refractivity contribution in [1.82, 2.24) is 4.90 Å². The molecule has 0 aliphatic heterocycles. The summed E-state index contributed by atoms with van der Waals surface area (Å²) < 4.78 is 0. The molecule has 1 aliphatic rings. The highest BCUT2D eigenvalue weighted by Crippen LogP contribution is 2.36. The average molecular weight is 232 g/mol. The molecule has 2 heteroatoms. The van der Waals surface area contributed by atoms with Gasteiger partial charge in [0.2, 0.25) is 0 Å². The zero-order valence-corrected chi connectivity index (χ0v) is 11.1. The summed E-state index contributed by atoms with van der Waals surface area (Å²) in [5.41, 5.74) is 7.59. The fourth-order valence-corrected chi connectivity index (χ4v) is 2.49. The van der Waals surface area contributed by atoms with Crippen LogP contribution in [-0.2, 0) is 0 Å². The highest BCUT2D eigenvalue weighted by Gasteiger charge is 2.33. The lowest BCUT2D eigenvalue weighted by molar-refractivity contribution is 0.157. The van der Waals surface area contributed by atoms with Crippen LogP contribution in [0.25, 0.3) is 0 Å². The zero-order chi connectivity index (χ0) is 12.4. The number of rotatable bonds is 5. The number of hydrogen-bond acceptors (Lipinski definition) is 2. The van der Waals surface area contributed by atoms with E-state index < -0.39 is 0 Å². The van der Waals surface area contributed by atoms with Crippen molar-refractivity contribution < 1.29 is 0 Å². The van der Waals surface area contributed by atoms with Crippen LogP contribution >= 0.6 is 0 Å². The molecule has 0 spiro atoms. The summed E-state index contributed by atoms with van der Waals surface area (Å²) in [7, 11) is 2.20. The molecule has 1 aromatic rings. The van der Waals surface area contributed by atoms with E-state index in [9.17, 15) is 0 Å². The lowest BCUT2D eigenvalue weighted by Crippen LogP contribution is -2.44. The molecule has 94 valence electrons. The van der Waals surface area contributed by atoms with Crippen LogP contribution in [0.1, 0.15) is 38.3 Å². The summed E-state index contributed by atoms with van der Waals surface area (Å²) >= 11 is 0. The normalized spacial score (nSPS) is 21.2. The molecule has 0 radical (unpaired) electrons. The third-order valence-corrected chi connectivity index (χ3v) is 4.29. The number of hydrogen-bond donors (Lipinski definition) is 1. The summed E-state index contributed by atoms with van der Waals surface area (Å²) in [4.78, 5) is 2.44. The van der Waals surface area contributed by atoms with E-state index in [2.05, 4.69) is 50.1 Å². The zero-order valence-electron chi connectivity index (χ0n) is 11.1. The molecule has 2 nitrogen and oxygen atoms in total. The van der Waals surface area contributed by atoms with Gasteiger partial charge in [-0.1, -0.05) is 30.3 Å². The van der Waals surface area contributed by atoms with Crippen molar-refractivity contribution in [3.63, 3.8) is 0 Å². The molecule has 1 aliphatic carbocycles. The van der Waals surface area contributed by atoms with Crippen LogP contribution in [-0.4, -0.2) is 24.0 Å².